The normalized spacial score (nSPS) is 9.50. The maximum absolute atomic E-state index is 4.98. The Labute approximate surface area is 86.7 Å². The molecule has 0 bridgehead atoms. The number of aromatic nitrogens is 1. The number of methoxy groups -OCH3 is 1. The van der Waals surface area contributed by atoms with Gasteiger partial charge in [0.1, 0.15) is 0 Å². The summed E-state index contributed by atoms with van der Waals surface area (Å²) in [6.07, 6.45) is 1.78. The zero-order valence-electron chi connectivity index (χ0n) is 5.27. The van der Waals surface area contributed by atoms with Gasteiger partial charge in [0, 0.05) is 9.77 Å². The third kappa shape index (κ3) is 1.94. The van der Waals surface area contributed by atoms with Crippen LogP contribution in [0.25, 0.3) is 0 Å². The zero-order chi connectivity index (χ0) is 7.56. The van der Waals surface area contributed by atoms with E-state index in [4.69, 9.17) is 4.74 Å². The van der Waals surface area contributed by atoms with Crippen LogP contribution in [0.5, 0.6) is 5.88 Å². The number of halogens is 2. The van der Waals surface area contributed by atoms with Crippen molar-refractivity contribution in [3.63, 3.8) is 0 Å². The van der Waals surface area contributed by atoms with Crippen molar-refractivity contribution in [2.24, 2.45) is 0 Å². The fourth-order valence-corrected chi connectivity index (χ4v) is 2.29. The predicted molar refractivity (Wildman–Crippen MR) is 56.2 cm³/mol. The quantitative estimate of drug-likeness (QED) is 0.717. The van der Waals surface area contributed by atoms with Crippen LogP contribution in [0.15, 0.2) is 12.3 Å². The molecule has 1 rings (SSSR count). The van der Waals surface area contributed by atoms with E-state index in [1.807, 2.05) is 6.07 Å². The summed E-state index contributed by atoms with van der Waals surface area (Å²) >= 11 is 4.41. The van der Waals surface area contributed by atoms with Gasteiger partial charge < -0.3 is 4.74 Å². The van der Waals surface area contributed by atoms with Crippen LogP contribution < -0.4 is 4.74 Å². The van der Waals surface area contributed by atoms with Crippen LogP contribution >= 0.6 is 45.2 Å². The van der Waals surface area contributed by atoms with Crippen LogP contribution in [0.3, 0.4) is 0 Å². The minimum atomic E-state index is 0.695. The molecule has 1 heterocycles. The van der Waals surface area contributed by atoms with Gasteiger partial charge in [-0.1, -0.05) is 0 Å². The molecule has 0 radical (unpaired) electrons. The number of hydrogen-bond acceptors (Lipinski definition) is 2. The molecule has 0 amide bonds. The summed E-state index contributed by atoms with van der Waals surface area (Å²) in [5.41, 5.74) is 0. The Morgan fingerprint density at radius 2 is 2.20 bits per heavy atom. The van der Waals surface area contributed by atoms with Crippen molar-refractivity contribution in [1.29, 1.82) is 0 Å². The molecule has 2 nitrogen and oxygen atoms in total. The van der Waals surface area contributed by atoms with E-state index in [9.17, 15) is 0 Å². The van der Waals surface area contributed by atoms with Gasteiger partial charge in [-0.3, -0.25) is 0 Å². The Balaban J connectivity index is 3.07. The highest BCUT2D eigenvalue weighted by atomic mass is 127. The van der Waals surface area contributed by atoms with Crippen LogP contribution in [0.4, 0.5) is 0 Å². The van der Waals surface area contributed by atoms with E-state index >= 15 is 0 Å². The summed E-state index contributed by atoms with van der Waals surface area (Å²) in [7, 11) is 1.62. The van der Waals surface area contributed by atoms with Crippen LogP contribution in [0.2, 0.25) is 0 Å². The van der Waals surface area contributed by atoms with E-state index in [0.717, 1.165) is 7.14 Å². The van der Waals surface area contributed by atoms with Crippen molar-refractivity contribution in [2.45, 2.75) is 0 Å². The van der Waals surface area contributed by atoms with Crippen LogP contribution in [0, 0.1) is 7.14 Å². The van der Waals surface area contributed by atoms with Gasteiger partial charge in [-0.2, -0.15) is 0 Å². The summed E-state index contributed by atoms with van der Waals surface area (Å²) in [5, 5.41) is 0. The molecule has 0 unspecified atom stereocenters. The van der Waals surface area contributed by atoms with Crippen molar-refractivity contribution >= 4 is 45.2 Å². The second-order valence-corrected chi connectivity index (χ2v) is 4.05. The molecule has 1 aromatic rings. The summed E-state index contributed by atoms with van der Waals surface area (Å²) < 4.78 is 7.15. The largest absolute Gasteiger partial charge is 0.480 e. The number of ether oxygens (including phenoxy) is 1. The smallest absolute Gasteiger partial charge is 0.226 e. The van der Waals surface area contributed by atoms with Crippen LogP contribution in [-0.2, 0) is 0 Å². The first-order chi connectivity index (χ1) is 4.74. The highest BCUT2D eigenvalue weighted by molar-refractivity contribution is 14.1. The van der Waals surface area contributed by atoms with Gasteiger partial charge >= 0.3 is 0 Å². The highest BCUT2D eigenvalue weighted by Gasteiger charge is 1.99. The van der Waals surface area contributed by atoms with E-state index < -0.39 is 0 Å². The summed E-state index contributed by atoms with van der Waals surface area (Å²) in [4.78, 5) is 4.06. The fraction of sp³-hybridized carbons (Fsp3) is 0.167. The van der Waals surface area contributed by atoms with Gasteiger partial charge in [0.05, 0.1) is 10.7 Å². The van der Waals surface area contributed by atoms with E-state index in [0.29, 0.717) is 5.88 Å². The van der Waals surface area contributed by atoms with E-state index in [2.05, 4.69) is 50.2 Å². The maximum atomic E-state index is 4.98. The maximum Gasteiger partial charge on any atom is 0.226 e. The summed E-state index contributed by atoms with van der Waals surface area (Å²) in [6, 6.07) is 2.02. The molecule has 4 heteroatoms. The number of hydrogen-bond donors (Lipinski definition) is 0. The van der Waals surface area contributed by atoms with E-state index in [-0.39, 0.29) is 0 Å². The topological polar surface area (TPSA) is 22.1 Å². The van der Waals surface area contributed by atoms with E-state index in [1.54, 1.807) is 13.3 Å². The predicted octanol–water partition coefficient (Wildman–Crippen LogP) is 2.30. The van der Waals surface area contributed by atoms with Gasteiger partial charge in [0.25, 0.3) is 0 Å². The first kappa shape index (κ1) is 8.51. The lowest BCUT2D eigenvalue weighted by molar-refractivity contribution is 0.394. The van der Waals surface area contributed by atoms with Crippen molar-refractivity contribution < 1.29 is 4.74 Å². The first-order valence-electron chi connectivity index (χ1n) is 2.59. The molecule has 1 aromatic heterocycles. The molecular weight excluding hydrogens is 356 g/mol. The number of pyridine rings is 1. The Hall–Kier alpha value is 0.410. The first-order valence-corrected chi connectivity index (χ1v) is 4.75. The lowest BCUT2D eigenvalue weighted by atomic mass is 10.5. The standard InChI is InChI=1S/C6H5I2NO/c1-10-6-5(8)2-4(7)3-9-6/h2-3H,1H3. The summed E-state index contributed by atoms with van der Waals surface area (Å²) in [5.74, 6) is 0.695. The Kier molecular flexibility index (Phi) is 3.15. The van der Waals surface area contributed by atoms with Crippen molar-refractivity contribution in [3.8, 4) is 5.88 Å². The molecule has 0 atom stereocenters. The SMILES string of the molecule is COc1ncc(I)cc1I. The molecule has 0 N–H and O–H groups in total. The molecule has 0 aliphatic rings. The Morgan fingerprint density at radius 1 is 1.50 bits per heavy atom. The molecule has 0 fully saturated rings. The van der Waals surface area contributed by atoms with Crippen molar-refractivity contribution in [1.82, 2.24) is 4.98 Å². The zero-order valence-corrected chi connectivity index (χ0v) is 9.58. The van der Waals surface area contributed by atoms with Crippen molar-refractivity contribution in [2.75, 3.05) is 7.11 Å². The Bertz CT molecular complexity index is 239. The molecule has 0 aromatic carbocycles. The minimum absolute atomic E-state index is 0.695. The fourth-order valence-electron chi connectivity index (χ4n) is 0.552. The van der Waals surface area contributed by atoms with Crippen LogP contribution in [0.1, 0.15) is 0 Å². The average Bonchev–Trinajstić information content (AvgIpc) is 1.88. The molecule has 54 valence electrons. The average molecular weight is 361 g/mol. The van der Waals surface area contributed by atoms with Crippen LogP contribution in [-0.4, -0.2) is 12.1 Å². The molecule has 10 heavy (non-hydrogen) atoms. The highest BCUT2D eigenvalue weighted by Crippen LogP contribution is 2.18. The van der Waals surface area contributed by atoms with Gasteiger partial charge in [-0.05, 0) is 51.2 Å². The second kappa shape index (κ2) is 3.70. The van der Waals surface area contributed by atoms with Crippen molar-refractivity contribution in [3.05, 3.63) is 19.4 Å². The monoisotopic (exact) mass is 361 g/mol. The molecule has 0 saturated carbocycles. The number of rotatable bonds is 1. The molecule has 0 aliphatic carbocycles. The minimum Gasteiger partial charge on any atom is -0.480 e. The molecule has 0 saturated heterocycles. The Morgan fingerprint density at radius 3 is 2.70 bits per heavy atom. The van der Waals surface area contributed by atoms with E-state index in [1.165, 1.54) is 0 Å². The molecule has 0 aliphatic heterocycles. The lowest BCUT2D eigenvalue weighted by Crippen LogP contribution is -1.90. The van der Waals surface area contributed by atoms with Gasteiger partial charge in [-0.25, -0.2) is 4.98 Å². The third-order valence-electron chi connectivity index (χ3n) is 0.967. The van der Waals surface area contributed by atoms with Gasteiger partial charge in [-0.15, -0.1) is 0 Å². The third-order valence-corrected chi connectivity index (χ3v) is 2.33. The van der Waals surface area contributed by atoms with Gasteiger partial charge in [0.15, 0.2) is 0 Å². The second-order valence-electron chi connectivity index (χ2n) is 1.64. The molecular formula is C6H5I2NO. The molecule has 0 spiro atoms. The summed E-state index contributed by atoms with van der Waals surface area (Å²) in [6.45, 7) is 0. The van der Waals surface area contributed by atoms with Gasteiger partial charge in [0.2, 0.25) is 5.88 Å². The number of nitrogens with zero attached hydrogens (tertiary/aromatic N) is 1. The lowest BCUT2D eigenvalue weighted by Gasteiger charge is -1.99.